The number of nitrogens with zero attached hydrogens (tertiary/aromatic N) is 2. The number of nitrogens with two attached hydrogens (primary N) is 1. The van der Waals surface area contributed by atoms with Gasteiger partial charge in [0.1, 0.15) is 5.69 Å². The predicted molar refractivity (Wildman–Crippen MR) is 71.2 cm³/mol. The van der Waals surface area contributed by atoms with Crippen molar-refractivity contribution in [2.45, 2.75) is 44.9 Å². The Morgan fingerprint density at radius 2 is 2.00 bits per heavy atom. The van der Waals surface area contributed by atoms with Crippen molar-refractivity contribution in [3.05, 3.63) is 27.2 Å². The molecule has 0 spiro atoms. The summed E-state index contributed by atoms with van der Waals surface area (Å²) in [5.41, 5.74) is 8.79. The number of nitrogen functional groups attached to an aromatic ring is 1. The highest BCUT2D eigenvalue weighted by Crippen LogP contribution is 2.42. The molecule has 0 atom stereocenters. The van der Waals surface area contributed by atoms with E-state index in [4.69, 9.17) is 22.7 Å². The van der Waals surface area contributed by atoms with E-state index in [0.29, 0.717) is 22.3 Å². The van der Waals surface area contributed by atoms with Crippen molar-refractivity contribution in [3.63, 3.8) is 0 Å². The van der Waals surface area contributed by atoms with E-state index in [1.54, 1.807) is 0 Å². The lowest BCUT2D eigenvalue weighted by atomic mass is 9.82. The third kappa shape index (κ3) is 2.23. The Hall–Kier alpha value is -1.27. The standard InChI is InChI=1S/C13H17ClN3/c1-8-10(9-5-3-2-4-6-9)7-11(17-16)13(15)12(8)14/h7,9H,2-6,15H2,1H3/q+1. The maximum absolute atomic E-state index is 8.94. The highest BCUT2D eigenvalue weighted by Gasteiger charge is 2.25. The second kappa shape index (κ2) is 4.93. The van der Waals surface area contributed by atoms with Crippen LogP contribution in [-0.4, -0.2) is 0 Å². The summed E-state index contributed by atoms with van der Waals surface area (Å²) in [6.07, 6.45) is 6.21. The van der Waals surface area contributed by atoms with Crippen LogP contribution in [0.2, 0.25) is 5.02 Å². The van der Waals surface area contributed by atoms with Crippen LogP contribution in [0.25, 0.3) is 4.98 Å². The van der Waals surface area contributed by atoms with Gasteiger partial charge in [-0.2, -0.15) is 0 Å². The second-order valence-electron chi connectivity index (χ2n) is 4.77. The van der Waals surface area contributed by atoms with Crippen molar-refractivity contribution in [2.75, 3.05) is 5.73 Å². The molecule has 0 radical (unpaired) electrons. The number of rotatable bonds is 1. The zero-order chi connectivity index (χ0) is 12.4. The van der Waals surface area contributed by atoms with E-state index < -0.39 is 0 Å². The van der Waals surface area contributed by atoms with E-state index in [1.807, 2.05) is 13.0 Å². The molecule has 1 aromatic carbocycles. The number of hydrogen-bond donors (Lipinski definition) is 1. The maximum atomic E-state index is 8.94. The summed E-state index contributed by atoms with van der Waals surface area (Å²) >= 11 is 6.19. The first-order valence-corrected chi connectivity index (χ1v) is 6.46. The highest BCUT2D eigenvalue weighted by molar-refractivity contribution is 6.34. The summed E-state index contributed by atoms with van der Waals surface area (Å²) in [6, 6.07) is 1.88. The Bertz CT molecular complexity index is 471. The van der Waals surface area contributed by atoms with Gasteiger partial charge in [0.15, 0.2) is 4.98 Å². The summed E-state index contributed by atoms with van der Waals surface area (Å²) in [5, 5.41) is 9.47. The van der Waals surface area contributed by atoms with Crippen molar-refractivity contribution < 1.29 is 0 Å². The van der Waals surface area contributed by atoms with Crippen LogP contribution >= 0.6 is 11.6 Å². The molecule has 0 heterocycles. The fourth-order valence-electron chi connectivity index (χ4n) is 2.69. The molecule has 1 saturated carbocycles. The zero-order valence-corrected chi connectivity index (χ0v) is 10.8. The van der Waals surface area contributed by atoms with Crippen molar-refractivity contribution in [1.29, 1.82) is 5.39 Å². The molecule has 2 rings (SSSR count). The predicted octanol–water partition coefficient (Wildman–Crippen LogP) is 4.76. The van der Waals surface area contributed by atoms with Crippen LogP contribution in [-0.2, 0) is 0 Å². The Morgan fingerprint density at radius 3 is 2.59 bits per heavy atom. The summed E-state index contributed by atoms with van der Waals surface area (Å²) < 4.78 is 0. The van der Waals surface area contributed by atoms with Gasteiger partial charge in [0.25, 0.3) is 0 Å². The monoisotopic (exact) mass is 250 g/mol. The van der Waals surface area contributed by atoms with Crippen LogP contribution in [0.4, 0.5) is 11.4 Å². The highest BCUT2D eigenvalue weighted by atomic mass is 35.5. The van der Waals surface area contributed by atoms with Gasteiger partial charge in [0.05, 0.1) is 5.02 Å². The van der Waals surface area contributed by atoms with Crippen molar-refractivity contribution in [2.24, 2.45) is 0 Å². The van der Waals surface area contributed by atoms with Gasteiger partial charge in [0, 0.05) is 6.07 Å². The third-order valence-corrected chi connectivity index (χ3v) is 4.21. The molecule has 0 aromatic heterocycles. The first kappa shape index (κ1) is 12.2. The van der Waals surface area contributed by atoms with Crippen LogP contribution in [0.15, 0.2) is 6.07 Å². The molecule has 0 saturated heterocycles. The minimum atomic E-state index is 0.367. The number of hydrogen-bond acceptors (Lipinski definition) is 2. The molecule has 0 bridgehead atoms. The molecule has 17 heavy (non-hydrogen) atoms. The Kier molecular flexibility index (Phi) is 3.54. The summed E-state index contributed by atoms with van der Waals surface area (Å²) in [5.74, 6) is 0.530. The molecule has 4 heteroatoms. The first-order valence-electron chi connectivity index (χ1n) is 6.08. The molecular formula is C13H17ClN3+. The van der Waals surface area contributed by atoms with E-state index in [1.165, 1.54) is 37.7 Å². The van der Waals surface area contributed by atoms with Crippen molar-refractivity contribution >= 4 is 23.0 Å². The van der Waals surface area contributed by atoms with E-state index in [9.17, 15) is 0 Å². The minimum Gasteiger partial charge on any atom is -0.391 e. The molecule has 0 amide bonds. The summed E-state index contributed by atoms with van der Waals surface area (Å²) in [7, 11) is 0. The van der Waals surface area contributed by atoms with Gasteiger partial charge < -0.3 is 5.73 Å². The van der Waals surface area contributed by atoms with Crippen LogP contribution in [0, 0.1) is 12.3 Å². The lowest BCUT2D eigenvalue weighted by molar-refractivity contribution is 0.442. The van der Waals surface area contributed by atoms with E-state index in [2.05, 4.69) is 4.98 Å². The molecular weight excluding hydrogens is 234 g/mol. The first-order chi connectivity index (χ1) is 8.15. The molecule has 1 aliphatic carbocycles. The van der Waals surface area contributed by atoms with Crippen LogP contribution in [0.1, 0.15) is 49.1 Å². The quantitative estimate of drug-likeness (QED) is 0.577. The van der Waals surface area contributed by atoms with Gasteiger partial charge in [-0.25, -0.2) is 0 Å². The Balaban J connectivity index is 2.46. The van der Waals surface area contributed by atoms with E-state index in [-0.39, 0.29) is 0 Å². The Labute approximate surface area is 107 Å². The SMILES string of the molecule is Cc1c(C2CCCCC2)cc([N+]#N)c(N)c1Cl. The third-order valence-electron chi connectivity index (χ3n) is 3.72. The smallest absolute Gasteiger partial charge is 0.391 e. The molecule has 1 aromatic rings. The lowest BCUT2D eigenvalue weighted by Crippen LogP contribution is -2.07. The summed E-state index contributed by atoms with van der Waals surface area (Å²) in [6.45, 7) is 1.99. The summed E-state index contributed by atoms with van der Waals surface area (Å²) in [4.78, 5) is 3.22. The van der Waals surface area contributed by atoms with Gasteiger partial charge in [0.2, 0.25) is 5.39 Å². The number of anilines is 1. The van der Waals surface area contributed by atoms with Crippen LogP contribution in [0.3, 0.4) is 0 Å². The Morgan fingerprint density at radius 1 is 1.35 bits per heavy atom. The fraction of sp³-hybridized carbons (Fsp3) is 0.538. The number of diazo groups is 1. The van der Waals surface area contributed by atoms with Crippen LogP contribution in [0.5, 0.6) is 0 Å². The molecule has 1 fully saturated rings. The topological polar surface area (TPSA) is 54.2 Å². The fourth-order valence-corrected chi connectivity index (χ4v) is 2.90. The molecule has 90 valence electrons. The molecule has 0 unspecified atom stereocenters. The van der Waals surface area contributed by atoms with Gasteiger partial charge in [-0.3, -0.25) is 0 Å². The maximum Gasteiger partial charge on any atom is 0.409 e. The average Bonchev–Trinajstić information content (AvgIpc) is 2.37. The van der Waals surface area contributed by atoms with E-state index in [0.717, 1.165) is 5.56 Å². The van der Waals surface area contributed by atoms with Gasteiger partial charge in [-0.15, -0.1) is 0 Å². The molecule has 1 aliphatic rings. The largest absolute Gasteiger partial charge is 0.409 e. The normalized spacial score (nSPS) is 16.8. The van der Waals surface area contributed by atoms with E-state index >= 15 is 0 Å². The van der Waals surface area contributed by atoms with Gasteiger partial charge in [-0.05, 0) is 36.8 Å². The van der Waals surface area contributed by atoms with Gasteiger partial charge in [-0.1, -0.05) is 30.9 Å². The van der Waals surface area contributed by atoms with Crippen molar-refractivity contribution in [3.8, 4) is 0 Å². The van der Waals surface area contributed by atoms with Crippen molar-refractivity contribution in [1.82, 2.24) is 0 Å². The minimum absolute atomic E-state index is 0.367. The lowest BCUT2D eigenvalue weighted by Gasteiger charge is -2.23. The molecule has 0 aliphatic heterocycles. The number of benzene rings is 1. The molecule has 3 nitrogen and oxygen atoms in total. The number of halogens is 1. The zero-order valence-electron chi connectivity index (χ0n) is 10.0. The van der Waals surface area contributed by atoms with Gasteiger partial charge >= 0.3 is 5.69 Å². The second-order valence-corrected chi connectivity index (χ2v) is 5.15. The average molecular weight is 251 g/mol. The van der Waals surface area contributed by atoms with Crippen LogP contribution < -0.4 is 5.73 Å². The molecule has 2 N–H and O–H groups in total.